The molecule has 0 bridgehead atoms. The van der Waals surface area contributed by atoms with Crippen molar-refractivity contribution in [2.45, 2.75) is 18.9 Å². The van der Waals surface area contributed by atoms with Gasteiger partial charge in [0.05, 0.1) is 6.10 Å². The molecule has 0 radical (unpaired) electrons. The van der Waals surface area contributed by atoms with Crippen LogP contribution < -0.4 is 15.8 Å². The molecular formula is C18H21ClN2O3. The minimum Gasteiger partial charge on any atom is -0.491 e. The van der Waals surface area contributed by atoms with Crippen LogP contribution in [-0.4, -0.2) is 25.2 Å². The van der Waals surface area contributed by atoms with Crippen molar-refractivity contribution in [3.63, 3.8) is 0 Å². The summed E-state index contributed by atoms with van der Waals surface area (Å²) in [5.41, 5.74) is 7.51. The molecule has 128 valence electrons. The molecule has 1 atom stereocenters. The van der Waals surface area contributed by atoms with Crippen LogP contribution in [0, 0.1) is 0 Å². The minimum absolute atomic E-state index is 0. The summed E-state index contributed by atoms with van der Waals surface area (Å²) in [5.74, 6) is 0.539. The lowest BCUT2D eigenvalue weighted by molar-refractivity contribution is 0.0680. The van der Waals surface area contributed by atoms with Crippen molar-refractivity contribution >= 4 is 29.7 Å². The van der Waals surface area contributed by atoms with Crippen LogP contribution in [0.15, 0.2) is 48.5 Å². The summed E-state index contributed by atoms with van der Waals surface area (Å²) in [4.78, 5) is 12.2. The van der Waals surface area contributed by atoms with E-state index in [0.717, 1.165) is 25.2 Å². The van der Waals surface area contributed by atoms with Gasteiger partial charge in [-0.05, 0) is 49.2 Å². The largest absolute Gasteiger partial charge is 0.491 e. The maximum absolute atomic E-state index is 12.2. The van der Waals surface area contributed by atoms with Crippen LogP contribution in [0.25, 0.3) is 0 Å². The number of nitrogens with one attached hydrogen (secondary N) is 1. The third-order valence-electron chi connectivity index (χ3n) is 3.72. The Balaban J connectivity index is 0.00000208. The summed E-state index contributed by atoms with van der Waals surface area (Å²) in [6.45, 7) is 1.35. The van der Waals surface area contributed by atoms with Crippen LogP contribution >= 0.6 is 12.4 Å². The summed E-state index contributed by atoms with van der Waals surface area (Å²) >= 11 is 0. The summed E-state index contributed by atoms with van der Waals surface area (Å²) < 4.78 is 11.3. The molecular weight excluding hydrogens is 328 g/mol. The lowest BCUT2D eigenvalue weighted by Crippen LogP contribution is -2.16. The average Bonchev–Trinajstić information content (AvgIpc) is 3.07. The molecule has 3 N–H and O–H groups in total. The van der Waals surface area contributed by atoms with Gasteiger partial charge >= 0.3 is 0 Å². The second kappa shape index (κ2) is 8.57. The molecule has 0 spiro atoms. The van der Waals surface area contributed by atoms with Crippen molar-refractivity contribution in [1.82, 2.24) is 0 Å². The first kappa shape index (κ1) is 18.1. The van der Waals surface area contributed by atoms with E-state index in [4.69, 9.17) is 15.2 Å². The van der Waals surface area contributed by atoms with Gasteiger partial charge in [-0.25, -0.2) is 0 Å². The van der Waals surface area contributed by atoms with Crippen LogP contribution in [0.4, 0.5) is 11.4 Å². The van der Waals surface area contributed by atoms with Crippen LogP contribution in [0.5, 0.6) is 5.75 Å². The van der Waals surface area contributed by atoms with Crippen LogP contribution in [0.3, 0.4) is 0 Å². The van der Waals surface area contributed by atoms with E-state index >= 15 is 0 Å². The minimum atomic E-state index is -0.179. The zero-order valence-electron chi connectivity index (χ0n) is 13.2. The van der Waals surface area contributed by atoms with E-state index in [1.54, 1.807) is 24.3 Å². The SMILES string of the molecule is Cl.Nc1ccc(C(=O)Nc2cccc(OCC3CCCO3)c2)cc1. The fraction of sp³-hybridized carbons (Fsp3) is 0.278. The van der Waals surface area contributed by atoms with Gasteiger partial charge in [-0.15, -0.1) is 12.4 Å². The number of rotatable bonds is 5. The highest BCUT2D eigenvalue weighted by Crippen LogP contribution is 2.20. The summed E-state index contributed by atoms with van der Waals surface area (Å²) in [7, 11) is 0. The number of nitrogen functional groups attached to an aromatic ring is 1. The Morgan fingerprint density at radius 3 is 2.75 bits per heavy atom. The highest BCUT2D eigenvalue weighted by atomic mass is 35.5. The van der Waals surface area contributed by atoms with E-state index in [0.29, 0.717) is 23.5 Å². The van der Waals surface area contributed by atoms with E-state index in [1.165, 1.54) is 0 Å². The molecule has 24 heavy (non-hydrogen) atoms. The van der Waals surface area contributed by atoms with Gasteiger partial charge in [0.25, 0.3) is 5.91 Å². The molecule has 1 saturated heterocycles. The van der Waals surface area contributed by atoms with E-state index < -0.39 is 0 Å². The number of halogens is 1. The second-order valence-corrected chi connectivity index (χ2v) is 5.55. The monoisotopic (exact) mass is 348 g/mol. The number of carbonyl (C=O) groups is 1. The number of carbonyl (C=O) groups excluding carboxylic acids is 1. The van der Waals surface area contributed by atoms with Crippen LogP contribution in [0.2, 0.25) is 0 Å². The summed E-state index contributed by atoms with van der Waals surface area (Å²) in [6.07, 6.45) is 2.29. The molecule has 3 rings (SSSR count). The highest BCUT2D eigenvalue weighted by Gasteiger charge is 2.16. The number of amides is 1. The molecule has 1 fully saturated rings. The Hall–Kier alpha value is -2.24. The van der Waals surface area contributed by atoms with Crippen molar-refractivity contribution in [2.75, 3.05) is 24.3 Å². The molecule has 2 aromatic rings. The highest BCUT2D eigenvalue weighted by molar-refractivity contribution is 6.04. The van der Waals surface area contributed by atoms with Gasteiger partial charge in [0.2, 0.25) is 0 Å². The van der Waals surface area contributed by atoms with Gasteiger partial charge in [-0.1, -0.05) is 6.07 Å². The van der Waals surface area contributed by atoms with E-state index in [1.807, 2.05) is 24.3 Å². The Labute approximate surface area is 147 Å². The van der Waals surface area contributed by atoms with Gasteiger partial charge < -0.3 is 20.5 Å². The molecule has 1 aliphatic heterocycles. The molecule has 1 unspecified atom stereocenters. The van der Waals surface area contributed by atoms with E-state index in [-0.39, 0.29) is 24.4 Å². The van der Waals surface area contributed by atoms with Gasteiger partial charge in [0.1, 0.15) is 12.4 Å². The molecule has 5 nitrogen and oxygen atoms in total. The summed E-state index contributed by atoms with van der Waals surface area (Å²) in [5, 5.41) is 2.86. The maximum atomic E-state index is 12.2. The first-order chi connectivity index (χ1) is 11.2. The number of hydrogen-bond acceptors (Lipinski definition) is 4. The lowest BCUT2D eigenvalue weighted by atomic mass is 10.2. The zero-order chi connectivity index (χ0) is 16.1. The summed E-state index contributed by atoms with van der Waals surface area (Å²) in [6, 6.07) is 14.2. The van der Waals surface area contributed by atoms with Gasteiger partial charge in [0, 0.05) is 29.6 Å². The third kappa shape index (κ3) is 4.88. The van der Waals surface area contributed by atoms with Crippen molar-refractivity contribution < 1.29 is 14.3 Å². The molecule has 0 saturated carbocycles. The topological polar surface area (TPSA) is 73.6 Å². The Morgan fingerprint density at radius 1 is 1.25 bits per heavy atom. The number of nitrogens with two attached hydrogens (primary N) is 1. The van der Waals surface area contributed by atoms with E-state index in [9.17, 15) is 4.79 Å². The molecule has 1 heterocycles. The number of anilines is 2. The number of hydrogen-bond donors (Lipinski definition) is 2. The first-order valence-electron chi connectivity index (χ1n) is 7.72. The molecule has 2 aromatic carbocycles. The maximum Gasteiger partial charge on any atom is 0.255 e. The molecule has 0 aliphatic carbocycles. The predicted molar refractivity (Wildman–Crippen MR) is 97.0 cm³/mol. The van der Waals surface area contributed by atoms with Crippen molar-refractivity contribution in [3.8, 4) is 5.75 Å². The number of ether oxygens (including phenoxy) is 2. The molecule has 6 heteroatoms. The lowest BCUT2D eigenvalue weighted by Gasteiger charge is -2.12. The first-order valence-corrected chi connectivity index (χ1v) is 7.72. The van der Waals surface area contributed by atoms with Crippen LogP contribution in [-0.2, 0) is 4.74 Å². The predicted octanol–water partition coefficient (Wildman–Crippen LogP) is 3.50. The van der Waals surface area contributed by atoms with Gasteiger partial charge in [-0.3, -0.25) is 4.79 Å². The Kier molecular flexibility index (Phi) is 6.46. The zero-order valence-corrected chi connectivity index (χ0v) is 14.1. The fourth-order valence-corrected chi connectivity index (χ4v) is 2.47. The normalized spacial score (nSPS) is 16.2. The van der Waals surface area contributed by atoms with Gasteiger partial charge in [0.15, 0.2) is 0 Å². The van der Waals surface area contributed by atoms with Crippen molar-refractivity contribution in [2.24, 2.45) is 0 Å². The van der Waals surface area contributed by atoms with Crippen LogP contribution in [0.1, 0.15) is 23.2 Å². The van der Waals surface area contributed by atoms with Crippen molar-refractivity contribution in [1.29, 1.82) is 0 Å². The smallest absolute Gasteiger partial charge is 0.255 e. The molecule has 0 aromatic heterocycles. The Bertz CT molecular complexity index is 670. The Morgan fingerprint density at radius 2 is 2.04 bits per heavy atom. The number of benzene rings is 2. The van der Waals surface area contributed by atoms with E-state index in [2.05, 4.69) is 5.32 Å². The average molecular weight is 349 g/mol. The molecule has 1 amide bonds. The van der Waals surface area contributed by atoms with Gasteiger partial charge in [-0.2, -0.15) is 0 Å². The fourth-order valence-electron chi connectivity index (χ4n) is 2.47. The quantitative estimate of drug-likeness (QED) is 0.811. The standard InChI is InChI=1S/C18H20N2O3.ClH/c19-14-8-6-13(7-9-14)18(21)20-15-3-1-4-16(11-15)23-12-17-5-2-10-22-17;/h1,3-4,6-9,11,17H,2,5,10,12,19H2,(H,20,21);1H. The molecule has 1 aliphatic rings. The second-order valence-electron chi connectivity index (χ2n) is 5.55. The third-order valence-corrected chi connectivity index (χ3v) is 3.72. The van der Waals surface area contributed by atoms with Crippen molar-refractivity contribution in [3.05, 3.63) is 54.1 Å².